The fraction of sp³-hybridized carbons (Fsp3) is 0.929. The maximum Gasteiger partial charge on any atom is 0.332 e. The number of piperidine rings is 1. The largest absolute Gasteiger partial charge is 0.479 e. The van der Waals surface area contributed by atoms with Gasteiger partial charge in [-0.2, -0.15) is 0 Å². The Bertz CT molecular complexity index is 337. The number of ether oxygens (including phenoxy) is 1. The molecule has 3 fully saturated rings. The number of carboxylic acids is 1. The van der Waals surface area contributed by atoms with Crippen LogP contribution in [0.5, 0.6) is 0 Å². The first-order valence-corrected chi connectivity index (χ1v) is 7.57. The number of hydrogen-bond acceptors (Lipinski definition) is 4. The van der Waals surface area contributed by atoms with Crippen molar-refractivity contribution in [2.75, 3.05) is 32.7 Å². The Morgan fingerprint density at radius 2 is 2.05 bits per heavy atom. The van der Waals surface area contributed by atoms with Gasteiger partial charge in [-0.3, -0.25) is 9.80 Å². The Hall–Kier alpha value is -0.650. The second-order valence-electron chi connectivity index (χ2n) is 6.11. The average Bonchev–Trinajstić information content (AvgIpc) is 2.87. The lowest BCUT2D eigenvalue weighted by atomic mass is 9.99. The van der Waals surface area contributed by atoms with Crippen LogP contribution in [0.1, 0.15) is 32.1 Å². The highest BCUT2D eigenvalue weighted by Gasteiger charge is 2.34. The van der Waals surface area contributed by atoms with E-state index in [2.05, 4.69) is 9.80 Å². The lowest BCUT2D eigenvalue weighted by Gasteiger charge is -2.44. The summed E-state index contributed by atoms with van der Waals surface area (Å²) in [5.41, 5.74) is 0. The van der Waals surface area contributed by atoms with E-state index in [0.717, 1.165) is 32.1 Å². The third-order valence-corrected chi connectivity index (χ3v) is 4.77. The van der Waals surface area contributed by atoms with Crippen LogP contribution in [-0.4, -0.2) is 71.8 Å². The third-order valence-electron chi connectivity index (χ3n) is 4.77. The summed E-state index contributed by atoms with van der Waals surface area (Å²) in [7, 11) is 0. The molecule has 0 spiro atoms. The van der Waals surface area contributed by atoms with Crippen LogP contribution in [-0.2, 0) is 9.53 Å². The molecule has 3 rings (SSSR count). The summed E-state index contributed by atoms with van der Waals surface area (Å²) in [4.78, 5) is 16.0. The van der Waals surface area contributed by atoms with E-state index in [0.29, 0.717) is 6.42 Å². The van der Waals surface area contributed by atoms with Crippen molar-refractivity contribution < 1.29 is 14.6 Å². The second-order valence-corrected chi connectivity index (χ2v) is 6.11. The number of piperazine rings is 1. The maximum atomic E-state index is 10.9. The van der Waals surface area contributed by atoms with Crippen LogP contribution in [0.15, 0.2) is 0 Å². The minimum absolute atomic E-state index is 0.122. The van der Waals surface area contributed by atoms with Crippen molar-refractivity contribution in [3.8, 4) is 0 Å². The first kappa shape index (κ1) is 13.3. The number of hydrogen-bond donors (Lipinski definition) is 1. The Labute approximate surface area is 114 Å². The Kier molecular flexibility index (Phi) is 4.05. The summed E-state index contributed by atoms with van der Waals surface area (Å²) >= 11 is 0. The van der Waals surface area contributed by atoms with Gasteiger partial charge < -0.3 is 9.84 Å². The molecule has 3 aliphatic rings. The topological polar surface area (TPSA) is 53.0 Å². The Morgan fingerprint density at radius 1 is 1.16 bits per heavy atom. The quantitative estimate of drug-likeness (QED) is 0.820. The van der Waals surface area contributed by atoms with Gasteiger partial charge in [-0.1, -0.05) is 6.42 Å². The molecule has 0 amide bonds. The van der Waals surface area contributed by atoms with Crippen molar-refractivity contribution in [3.05, 3.63) is 0 Å². The molecular formula is C14H24N2O3. The van der Waals surface area contributed by atoms with Crippen LogP contribution in [0, 0.1) is 0 Å². The van der Waals surface area contributed by atoms with Gasteiger partial charge in [-0.25, -0.2) is 4.79 Å². The number of fused-ring (bicyclic) bond motifs is 1. The molecule has 0 aromatic rings. The van der Waals surface area contributed by atoms with E-state index in [-0.39, 0.29) is 6.10 Å². The zero-order valence-electron chi connectivity index (χ0n) is 11.5. The van der Waals surface area contributed by atoms with Gasteiger partial charge in [0, 0.05) is 32.2 Å². The van der Waals surface area contributed by atoms with Gasteiger partial charge in [-0.05, 0) is 32.2 Å². The van der Waals surface area contributed by atoms with Crippen molar-refractivity contribution in [2.45, 2.75) is 50.4 Å². The molecule has 3 atom stereocenters. The minimum Gasteiger partial charge on any atom is -0.479 e. The summed E-state index contributed by atoms with van der Waals surface area (Å²) in [6.07, 6.45) is 5.14. The highest BCUT2D eigenvalue weighted by Crippen LogP contribution is 2.24. The van der Waals surface area contributed by atoms with Gasteiger partial charge in [-0.15, -0.1) is 0 Å². The fourth-order valence-electron chi connectivity index (χ4n) is 3.70. The predicted molar refractivity (Wildman–Crippen MR) is 71.2 cm³/mol. The van der Waals surface area contributed by atoms with Gasteiger partial charge in [0.2, 0.25) is 0 Å². The molecule has 3 aliphatic heterocycles. The van der Waals surface area contributed by atoms with Crippen molar-refractivity contribution in [1.29, 1.82) is 0 Å². The van der Waals surface area contributed by atoms with E-state index in [1.54, 1.807) is 0 Å². The van der Waals surface area contributed by atoms with Crippen molar-refractivity contribution in [1.82, 2.24) is 9.80 Å². The van der Waals surface area contributed by atoms with E-state index in [4.69, 9.17) is 9.84 Å². The van der Waals surface area contributed by atoms with E-state index >= 15 is 0 Å². The number of aliphatic carboxylic acids is 1. The molecule has 5 nitrogen and oxygen atoms in total. The summed E-state index contributed by atoms with van der Waals surface area (Å²) < 4.78 is 5.61. The van der Waals surface area contributed by atoms with Crippen molar-refractivity contribution >= 4 is 5.97 Å². The normalized spacial score (nSPS) is 37.2. The van der Waals surface area contributed by atoms with Crippen molar-refractivity contribution in [3.63, 3.8) is 0 Å². The minimum atomic E-state index is -0.806. The molecule has 0 aromatic carbocycles. The zero-order chi connectivity index (χ0) is 13.2. The lowest BCUT2D eigenvalue weighted by Crippen LogP contribution is -2.55. The monoisotopic (exact) mass is 268 g/mol. The number of nitrogens with zero attached hydrogens (tertiary/aromatic N) is 2. The number of rotatable bonds is 3. The van der Waals surface area contributed by atoms with Gasteiger partial charge >= 0.3 is 5.97 Å². The molecule has 5 heteroatoms. The van der Waals surface area contributed by atoms with E-state index in [1.165, 1.54) is 32.4 Å². The molecular weight excluding hydrogens is 244 g/mol. The second kappa shape index (κ2) is 5.77. The molecule has 0 aromatic heterocycles. The molecule has 19 heavy (non-hydrogen) atoms. The first-order valence-electron chi connectivity index (χ1n) is 7.57. The summed E-state index contributed by atoms with van der Waals surface area (Å²) in [5.74, 6) is -0.806. The highest BCUT2D eigenvalue weighted by molar-refractivity contribution is 5.72. The molecule has 0 aliphatic carbocycles. The molecule has 0 radical (unpaired) electrons. The summed E-state index contributed by atoms with van der Waals surface area (Å²) in [6.45, 7) is 5.58. The SMILES string of the molecule is O=C(O)C1CCC(CN2CCN3CCCCC3C2)O1. The van der Waals surface area contributed by atoms with Crippen LogP contribution in [0.2, 0.25) is 0 Å². The zero-order valence-corrected chi connectivity index (χ0v) is 11.5. The summed E-state index contributed by atoms with van der Waals surface area (Å²) in [6, 6.07) is 0.721. The maximum absolute atomic E-state index is 10.9. The average molecular weight is 268 g/mol. The van der Waals surface area contributed by atoms with Crippen LogP contribution >= 0.6 is 0 Å². The van der Waals surface area contributed by atoms with Crippen LogP contribution in [0.3, 0.4) is 0 Å². The molecule has 3 unspecified atom stereocenters. The molecule has 0 saturated carbocycles. The third kappa shape index (κ3) is 3.09. The first-order chi connectivity index (χ1) is 9.22. The van der Waals surface area contributed by atoms with Gasteiger partial charge in [0.05, 0.1) is 6.10 Å². The molecule has 3 saturated heterocycles. The predicted octanol–water partition coefficient (Wildman–Crippen LogP) is 0.789. The summed E-state index contributed by atoms with van der Waals surface area (Å²) in [5, 5.41) is 8.95. The van der Waals surface area contributed by atoms with E-state index in [9.17, 15) is 4.79 Å². The highest BCUT2D eigenvalue weighted by atomic mass is 16.5. The van der Waals surface area contributed by atoms with Crippen LogP contribution in [0.25, 0.3) is 0 Å². The fourth-order valence-corrected chi connectivity index (χ4v) is 3.70. The van der Waals surface area contributed by atoms with E-state index in [1.807, 2.05) is 0 Å². The standard InChI is InChI=1S/C14H24N2O3/c17-14(18)13-5-4-12(19-13)10-15-7-8-16-6-2-1-3-11(16)9-15/h11-13H,1-10H2,(H,17,18). The van der Waals surface area contributed by atoms with E-state index < -0.39 is 12.1 Å². The van der Waals surface area contributed by atoms with Gasteiger partial charge in [0.25, 0.3) is 0 Å². The van der Waals surface area contributed by atoms with Gasteiger partial charge in [0.1, 0.15) is 0 Å². The Morgan fingerprint density at radius 3 is 2.84 bits per heavy atom. The van der Waals surface area contributed by atoms with Crippen LogP contribution in [0.4, 0.5) is 0 Å². The molecule has 0 bridgehead atoms. The van der Waals surface area contributed by atoms with Gasteiger partial charge in [0.15, 0.2) is 6.10 Å². The number of carbonyl (C=O) groups is 1. The lowest BCUT2D eigenvalue weighted by molar-refractivity contribution is -0.149. The molecule has 108 valence electrons. The smallest absolute Gasteiger partial charge is 0.332 e. The Balaban J connectivity index is 1.47. The number of carboxylic acid groups (broad SMARTS) is 1. The molecule has 3 heterocycles. The van der Waals surface area contributed by atoms with Crippen molar-refractivity contribution in [2.24, 2.45) is 0 Å². The van der Waals surface area contributed by atoms with Crippen LogP contribution < -0.4 is 0 Å². The molecule has 1 N–H and O–H groups in total.